The summed E-state index contributed by atoms with van der Waals surface area (Å²) in [5.74, 6) is -0.982. The average molecular weight is 288 g/mol. The van der Waals surface area contributed by atoms with Crippen LogP contribution in [0, 0.1) is 5.92 Å². The Labute approximate surface area is 124 Å². The van der Waals surface area contributed by atoms with Crippen molar-refractivity contribution in [1.29, 1.82) is 0 Å². The number of nitrogens with one attached hydrogen (secondary N) is 2. The quantitative estimate of drug-likeness (QED) is 0.745. The molecule has 2 rings (SSSR count). The third kappa shape index (κ3) is 4.08. The topological polar surface area (TPSA) is 78.4 Å². The summed E-state index contributed by atoms with van der Waals surface area (Å²) in [6.45, 7) is 4.18. The van der Waals surface area contributed by atoms with Gasteiger partial charge < -0.3 is 15.7 Å². The van der Waals surface area contributed by atoms with E-state index in [0.29, 0.717) is 12.3 Å². The van der Waals surface area contributed by atoms with E-state index in [9.17, 15) is 9.59 Å². The van der Waals surface area contributed by atoms with Gasteiger partial charge in [0.25, 0.3) is 0 Å². The van der Waals surface area contributed by atoms with Gasteiger partial charge in [0, 0.05) is 5.69 Å². The maximum absolute atomic E-state index is 11.9. The number of anilines is 1. The standard InChI is InChI=1S/C16H20N2O3/c1-10(2)11-4-3-5-13(8-11)17-16(21)18-14-7-6-12(9-14)15(19)20/h3-8,10,12,14H,9H2,1-2H3,(H,19,20)(H2,17,18,21). The van der Waals surface area contributed by atoms with Crippen LogP contribution in [0.4, 0.5) is 10.5 Å². The molecule has 5 heteroatoms. The number of rotatable bonds is 4. The first kappa shape index (κ1) is 15.1. The van der Waals surface area contributed by atoms with Gasteiger partial charge in [0.2, 0.25) is 0 Å². The minimum Gasteiger partial charge on any atom is -0.481 e. The van der Waals surface area contributed by atoms with Crippen molar-refractivity contribution in [2.24, 2.45) is 5.92 Å². The van der Waals surface area contributed by atoms with E-state index in [4.69, 9.17) is 5.11 Å². The van der Waals surface area contributed by atoms with Crippen LogP contribution in [0.2, 0.25) is 0 Å². The van der Waals surface area contributed by atoms with Crippen LogP contribution < -0.4 is 10.6 Å². The highest BCUT2D eigenvalue weighted by Crippen LogP contribution is 2.20. The van der Waals surface area contributed by atoms with Gasteiger partial charge in [-0.25, -0.2) is 4.79 Å². The molecule has 1 aliphatic rings. The molecule has 2 amide bonds. The molecule has 1 aliphatic carbocycles. The Morgan fingerprint density at radius 2 is 2.05 bits per heavy atom. The largest absolute Gasteiger partial charge is 0.481 e. The van der Waals surface area contributed by atoms with Crippen molar-refractivity contribution in [3.8, 4) is 0 Å². The molecular formula is C16H20N2O3. The smallest absolute Gasteiger partial charge is 0.319 e. The fourth-order valence-electron chi connectivity index (χ4n) is 2.30. The summed E-state index contributed by atoms with van der Waals surface area (Å²) in [6, 6.07) is 7.13. The molecule has 0 aliphatic heterocycles. The average Bonchev–Trinajstić information content (AvgIpc) is 2.87. The fraction of sp³-hybridized carbons (Fsp3) is 0.375. The number of carbonyl (C=O) groups is 2. The number of amides is 2. The Bertz CT molecular complexity index is 566. The second kappa shape index (κ2) is 6.43. The first-order valence-electron chi connectivity index (χ1n) is 7.04. The summed E-state index contributed by atoms with van der Waals surface area (Å²) in [7, 11) is 0. The summed E-state index contributed by atoms with van der Waals surface area (Å²) < 4.78 is 0. The van der Waals surface area contributed by atoms with E-state index >= 15 is 0 Å². The number of carbonyl (C=O) groups excluding carboxylic acids is 1. The number of carboxylic acids is 1. The van der Waals surface area contributed by atoms with Gasteiger partial charge in [0.05, 0.1) is 12.0 Å². The van der Waals surface area contributed by atoms with Crippen molar-refractivity contribution in [1.82, 2.24) is 5.32 Å². The first-order chi connectivity index (χ1) is 9.95. The van der Waals surface area contributed by atoms with Gasteiger partial charge in [-0.3, -0.25) is 4.79 Å². The minimum atomic E-state index is -0.861. The van der Waals surface area contributed by atoms with Crippen molar-refractivity contribution in [2.75, 3.05) is 5.32 Å². The summed E-state index contributed by atoms with van der Waals surface area (Å²) in [6.07, 6.45) is 3.74. The van der Waals surface area contributed by atoms with Crippen LogP contribution in [0.5, 0.6) is 0 Å². The van der Waals surface area contributed by atoms with Crippen LogP contribution in [0.15, 0.2) is 36.4 Å². The predicted octanol–water partition coefficient (Wildman–Crippen LogP) is 2.96. The molecule has 1 aromatic carbocycles. The first-order valence-corrected chi connectivity index (χ1v) is 7.04. The van der Waals surface area contributed by atoms with E-state index in [1.807, 2.05) is 24.3 Å². The van der Waals surface area contributed by atoms with Crippen molar-refractivity contribution >= 4 is 17.7 Å². The highest BCUT2D eigenvalue weighted by Gasteiger charge is 2.25. The molecule has 0 heterocycles. The molecule has 0 saturated heterocycles. The molecule has 0 fully saturated rings. The molecule has 5 nitrogen and oxygen atoms in total. The Kier molecular flexibility index (Phi) is 4.62. The van der Waals surface area contributed by atoms with Gasteiger partial charge in [-0.15, -0.1) is 0 Å². The van der Waals surface area contributed by atoms with Crippen LogP contribution in [0.1, 0.15) is 31.7 Å². The number of hydrogen-bond acceptors (Lipinski definition) is 2. The van der Waals surface area contributed by atoms with Gasteiger partial charge in [0.15, 0.2) is 0 Å². The lowest BCUT2D eigenvalue weighted by Crippen LogP contribution is -2.36. The van der Waals surface area contributed by atoms with Crippen LogP contribution in [-0.2, 0) is 4.79 Å². The molecular weight excluding hydrogens is 268 g/mol. The molecule has 0 bridgehead atoms. The van der Waals surface area contributed by atoms with Crippen LogP contribution in [0.3, 0.4) is 0 Å². The van der Waals surface area contributed by atoms with E-state index in [2.05, 4.69) is 24.5 Å². The Morgan fingerprint density at radius 1 is 1.29 bits per heavy atom. The molecule has 0 aromatic heterocycles. The minimum absolute atomic E-state index is 0.237. The number of aliphatic carboxylic acids is 1. The highest BCUT2D eigenvalue weighted by atomic mass is 16.4. The van der Waals surface area contributed by atoms with Crippen molar-refractivity contribution in [3.05, 3.63) is 42.0 Å². The third-order valence-electron chi connectivity index (χ3n) is 3.53. The lowest BCUT2D eigenvalue weighted by molar-refractivity contribution is -0.140. The maximum atomic E-state index is 11.9. The number of urea groups is 1. The number of carboxylic acid groups (broad SMARTS) is 1. The van der Waals surface area contributed by atoms with Crippen molar-refractivity contribution in [2.45, 2.75) is 32.2 Å². The molecule has 112 valence electrons. The summed E-state index contributed by atoms with van der Waals surface area (Å²) in [4.78, 5) is 22.8. The van der Waals surface area contributed by atoms with E-state index in [1.54, 1.807) is 12.2 Å². The van der Waals surface area contributed by atoms with E-state index < -0.39 is 11.9 Å². The molecule has 1 aromatic rings. The third-order valence-corrected chi connectivity index (χ3v) is 3.53. The predicted molar refractivity (Wildman–Crippen MR) is 81.4 cm³/mol. The maximum Gasteiger partial charge on any atom is 0.319 e. The van der Waals surface area contributed by atoms with Gasteiger partial charge in [-0.1, -0.05) is 38.1 Å². The van der Waals surface area contributed by atoms with Crippen molar-refractivity contribution in [3.63, 3.8) is 0 Å². The Morgan fingerprint density at radius 3 is 2.67 bits per heavy atom. The van der Waals surface area contributed by atoms with Crippen LogP contribution in [-0.4, -0.2) is 23.1 Å². The zero-order valence-electron chi connectivity index (χ0n) is 12.2. The number of hydrogen-bond donors (Lipinski definition) is 3. The summed E-state index contributed by atoms with van der Waals surface area (Å²) in [5, 5.41) is 14.4. The van der Waals surface area contributed by atoms with Crippen LogP contribution in [0.25, 0.3) is 0 Å². The monoisotopic (exact) mass is 288 g/mol. The second-order valence-corrected chi connectivity index (χ2v) is 5.55. The van der Waals surface area contributed by atoms with Gasteiger partial charge in [-0.05, 0) is 30.0 Å². The molecule has 21 heavy (non-hydrogen) atoms. The van der Waals surface area contributed by atoms with E-state index in [0.717, 1.165) is 11.3 Å². The molecule has 3 N–H and O–H groups in total. The summed E-state index contributed by atoms with van der Waals surface area (Å²) in [5.41, 5.74) is 1.88. The normalized spacial score (nSPS) is 20.5. The second-order valence-electron chi connectivity index (χ2n) is 5.55. The molecule has 2 atom stereocenters. The lowest BCUT2D eigenvalue weighted by atomic mass is 10.0. The van der Waals surface area contributed by atoms with Gasteiger partial charge >= 0.3 is 12.0 Å². The SMILES string of the molecule is CC(C)c1cccc(NC(=O)NC2C=CC(C(=O)O)C2)c1. The van der Waals surface area contributed by atoms with Gasteiger partial charge in [0.1, 0.15) is 0 Å². The Balaban J connectivity index is 1.89. The zero-order chi connectivity index (χ0) is 15.4. The fourth-order valence-corrected chi connectivity index (χ4v) is 2.30. The molecule has 0 saturated carbocycles. The van der Waals surface area contributed by atoms with E-state index in [-0.39, 0.29) is 12.1 Å². The Hall–Kier alpha value is -2.30. The van der Waals surface area contributed by atoms with E-state index in [1.165, 1.54) is 0 Å². The molecule has 0 radical (unpaired) electrons. The van der Waals surface area contributed by atoms with Crippen LogP contribution >= 0.6 is 0 Å². The summed E-state index contributed by atoms with van der Waals surface area (Å²) >= 11 is 0. The van der Waals surface area contributed by atoms with Crippen molar-refractivity contribution < 1.29 is 14.7 Å². The number of benzene rings is 1. The molecule has 2 unspecified atom stereocenters. The lowest BCUT2D eigenvalue weighted by Gasteiger charge is -2.14. The molecule has 0 spiro atoms. The zero-order valence-corrected chi connectivity index (χ0v) is 12.2. The van der Waals surface area contributed by atoms with Gasteiger partial charge in [-0.2, -0.15) is 0 Å². The highest BCUT2D eigenvalue weighted by molar-refractivity contribution is 5.89.